The van der Waals surface area contributed by atoms with Crippen LogP contribution in [-0.2, 0) is 9.53 Å². The second-order valence-corrected chi connectivity index (χ2v) is 5.82. The maximum atomic E-state index is 12.4. The summed E-state index contributed by atoms with van der Waals surface area (Å²) in [4.78, 5) is 14.5. The minimum absolute atomic E-state index is 0.0260. The number of nitrogens with zero attached hydrogens (tertiary/aromatic N) is 1. The molecule has 0 saturated carbocycles. The van der Waals surface area contributed by atoms with Crippen LogP contribution in [-0.4, -0.2) is 61.2 Å². The molecule has 2 rings (SSSR count). The number of carbonyl (C=O) groups is 1. The van der Waals surface area contributed by atoms with E-state index in [1.807, 2.05) is 16.7 Å². The van der Waals surface area contributed by atoms with Crippen LogP contribution >= 0.6 is 11.8 Å². The lowest BCUT2D eigenvalue weighted by atomic mass is 10.0. The number of amides is 1. The highest BCUT2D eigenvalue weighted by molar-refractivity contribution is 7.99. The highest BCUT2D eigenvalue weighted by Crippen LogP contribution is 2.19. The number of rotatable bonds is 3. The first-order valence-electron chi connectivity index (χ1n) is 6.50. The van der Waals surface area contributed by atoms with Gasteiger partial charge in [-0.3, -0.25) is 4.79 Å². The maximum absolute atomic E-state index is 12.4. The molecule has 5 heteroatoms. The third kappa shape index (κ3) is 3.36. The average Bonchev–Trinajstić information content (AvgIpc) is 2.63. The van der Waals surface area contributed by atoms with E-state index in [1.165, 1.54) is 5.75 Å². The van der Waals surface area contributed by atoms with Crippen molar-refractivity contribution in [3.8, 4) is 0 Å². The van der Waals surface area contributed by atoms with Crippen LogP contribution in [0, 0.1) is 5.92 Å². The van der Waals surface area contributed by atoms with Gasteiger partial charge in [-0.2, -0.15) is 11.8 Å². The Hall–Kier alpha value is -0.260. The van der Waals surface area contributed by atoms with Gasteiger partial charge in [-0.25, -0.2) is 0 Å². The van der Waals surface area contributed by atoms with Crippen LogP contribution in [0.5, 0.6) is 0 Å². The normalized spacial score (nSPS) is 30.3. The lowest BCUT2D eigenvalue weighted by Gasteiger charge is -2.26. The number of hydrogen-bond acceptors (Lipinski definition) is 4. The van der Waals surface area contributed by atoms with Crippen LogP contribution in [0.3, 0.4) is 0 Å². The van der Waals surface area contributed by atoms with Crippen molar-refractivity contribution in [2.45, 2.75) is 19.4 Å². The minimum atomic E-state index is 0.0260. The molecule has 0 aromatic rings. The molecule has 98 valence electrons. The molecule has 0 spiro atoms. The summed E-state index contributed by atoms with van der Waals surface area (Å²) in [5.74, 6) is 2.57. The van der Waals surface area contributed by atoms with Crippen molar-refractivity contribution in [2.75, 3.05) is 44.4 Å². The van der Waals surface area contributed by atoms with E-state index in [1.54, 1.807) is 0 Å². The molecule has 2 atom stereocenters. The number of likely N-dealkylation sites (N-methyl/N-ethyl adjacent to an activating group) is 1. The van der Waals surface area contributed by atoms with Gasteiger partial charge in [-0.15, -0.1) is 0 Å². The fraction of sp³-hybridized carbons (Fsp3) is 0.917. The van der Waals surface area contributed by atoms with E-state index in [0.29, 0.717) is 13.2 Å². The first kappa shape index (κ1) is 13.2. The molecule has 1 N–H and O–H groups in total. The molecule has 2 saturated heterocycles. The molecular formula is C12H22N2O2S. The molecule has 0 aromatic heterocycles. The molecule has 17 heavy (non-hydrogen) atoms. The van der Waals surface area contributed by atoms with Gasteiger partial charge >= 0.3 is 0 Å². The zero-order valence-electron chi connectivity index (χ0n) is 10.5. The summed E-state index contributed by atoms with van der Waals surface area (Å²) in [6.45, 7) is 6.04. The molecule has 2 aliphatic rings. The Labute approximate surface area is 107 Å². The first-order chi connectivity index (χ1) is 8.33. The van der Waals surface area contributed by atoms with Crippen molar-refractivity contribution in [1.82, 2.24) is 10.2 Å². The van der Waals surface area contributed by atoms with Gasteiger partial charge < -0.3 is 15.0 Å². The smallest absolute Gasteiger partial charge is 0.229 e. The van der Waals surface area contributed by atoms with Crippen molar-refractivity contribution in [1.29, 1.82) is 0 Å². The molecule has 1 amide bonds. The summed E-state index contributed by atoms with van der Waals surface area (Å²) < 4.78 is 5.45. The van der Waals surface area contributed by atoms with Crippen LogP contribution in [0.25, 0.3) is 0 Å². The van der Waals surface area contributed by atoms with E-state index in [0.717, 1.165) is 31.8 Å². The van der Waals surface area contributed by atoms with Gasteiger partial charge in [0.15, 0.2) is 0 Å². The second-order valence-electron chi connectivity index (χ2n) is 4.60. The lowest BCUT2D eigenvalue weighted by Crippen LogP contribution is -2.46. The SMILES string of the molecule is CCNC1COCC1C(=O)N1CCCSCC1. The van der Waals surface area contributed by atoms with E-state index in [2.05, 4.69) is 12.2 Å². The van der Waals surface area contributed by atoms with Crippen LogP contribution in [0.1, 0.15) is 13.3 Å². The average molecular weight is 258 g/mol. The summed E-state index contributed by atoms with van der Waals surface area (Å²) in [6, 6.07) is 0.211. The summed E-state index contributed by atoms with van der Waals surface area (Å²) in [5, 5.41) is 3.35. The van der Waals surface area contributed by atoms with E-state index in [9.17, 15) is 4.79 Å². The summed E-state index contributed by atoms with van der Waals surface area (Å²) in [7, 11) is 0. The molecule has 0 bridgehead atoms. The Morgan fingerprint density at radius 1 is 1.41 bits per heavy atom. The monoisotopic (exact) mass is 258 g/mol. The molecular weight excluding hydrogens is 236 g/mol. The van der Waals surface area contributed by atoms with Gasteiger partial charge in [0, 0.05) is 24.9 Å². The Bertz CT molecular complexity index is 255. The summed E-state index contributed by atoms with van der Waals surface area (Å²) in [5.41, 5.74) is 0. The topological polar surface area (TPSA) is 41.6 Å². The van der Waals surface area contributed by atoms with Crippen molar-refractivity contribution in [3.05, 3.63) is 0 Å². The molecule has 0 radical (unpaired) electrons. The van der Waals surface area contributed by atoms with Crippen LogP contribution in [0.4, 0.5) is 0 Å². The zero-order chi connectivity index (χ0) is 12.1. The Kier molecular flexibility index (Phi) is 5.13. The molecule has 2 fully saturated rings. The van der Waals surface area contributed by atoms with E-state index in [-0.39, 0.29) is 17.9 Å². The molecule has 2 heterocycles. The molecule has 0 aromatic carbocycles. The van der Waals surface area contributed by atoms with Crippen LogP contribution in [0.15, 0.2) is 0 Å². The maximum Gasteiger partial charge on any atom is 0.229 e. The molecule has 0 aliphatic carbocycles. The van der Waals surface area contributed by atoms with E-state index < -0.39 is 0 Å². The predicted molar refractivity (Wildman–Crippen MR) is 70.3 cm³/mol. The summed E-state index contributed by atoms with van der Waals surface area (Å²) >= 11 is 1.95. The highest BCUT2D eigenvalue weighted by Gasteiger charge is 2.36. The van der Waals surface area contributed by atoms with Gasteiger partial charge in [0.2, 0.25) is 5.91 Å². The number of carbonyl (C=O) groups excluding carboxylic acids is 1. The highest BCUT2D eigenvalue weighted by atomic mass is 32.2. The zero-order valence-corrected chi connectivity index (χ0v) is 11.3. The number of hydrogen-bond donors (Lipinski definition) is 1. The molecule has 2 unspecified atom stereocenters. The molecule has 2 aliphatic heterocycles. The van der Waals surface area contributed by atoms with Crippen LogP contribution in [0.2, 0.25) is 0 Å². The van der Waals surface area contributed by atoms with Crippen molar-refractivity contribution < 1.29 is 9.53 Å². The molecule has 4 nitrogen and oxygen atoms in total. The standard InChI is InChI=1S/C12H22N2O2S/c1-2-13-11-9-16-8-10(11)12(15)14-4-3-6-17-7-5-14/h10-11,13H,2-9H2,1H3. The first-order valence-corrected chi connectivity index (χ1v) is 7.66. The van der Waals surface area contributed by atoms with Gasteiger partial charge in [0.05, 0.1) is 19.1 Å². The fourth-order valence-corrected chi connectivity index (χ4v) is 3.35. The van der Waals surface area contributed by atoms with E-state index in [4.69, 9.17) is 4.74 Å². The van der Waals surface area contributed by atoms with Gasteiger partial charge in [-0.1, -0.05) is 6.92 Å². The third-order valence-corrected chi connectivity index (χ3v) is 4.45. The van der Waals surface area contributed by atoms with Crippen molar-refractivity contribution in [3.63, 3.8) is 0 Å². The number of thioether (sulfide) groups is 1. The van der Waals surface area contributed by atoms with Crippen molar-refractivity contribution >= 4 is 17.7 Å². The number of nitrogens with one attached hydrogen (secondary N) is 1. The number of ether oxygens (including phenoxy) is 1. The summed E-state index contributed by atoms with van der Waals surface area (Å²) in [6.07, 6.45) is 1.12. The van der Waals surface area contributed by atoms with Crippen LogP contribution < -0.4 is 5.32 Å². The minimum Gasteiger partial charge on any atom is -0.379 e. The van der Waals surface area contributed by atoms with E-state index >= 15 is 0 Å². The van der Waals surface area contributed by atoms with Gasteiger partial charge in [0.1, 0.15) is 0 Å². The Morgan fingerprint density at radius 2 is 2.29 bits per heavy atom. The Morgan fingerprint density at radius 3 is 3.12 bits per heavy atom. The second kappa shape index (κ2) is 6.61. The van der Waals surface area contributed by atoms with Gasteiger partial charge in [-0.05, 0) is 18.7 Å². The lowest BCUT2D eigenvalue weighted by molar-refractivity contribution is -0.135. The van der Waals surface area contributed by atoms with Gasteiger partial charge in [0.25, 0.3) is 0 Å². The fourth-order valence-electron chi connectivity index (χ4n) is 2.46. The Balaban J connectivity index is 1.92. The third-order valence-electron chi connectivity index (χ3n) is 3.40. The predicted octanol–water partition coefficient (Wildman–Crippen LogP) is 0.576. The van der Waals surface area contributed by atoms with Crippen molar-refractivity contribution in [2.24, 2.45) is 5.92 Å². The quantitative estimate of drug-likeness (QED) is 0.804. The largest absolute Gasteiger partial charge is 0.379 e.